The number of hydrogen-bond donors (Lipinski definition) is 2. The van der Waals surface area contributed by atoms with E-state index in [-0.39, 0.29) is 29.5 Å². The first kappa shape index (κ1) is 26.1. The summed E-state index contributed by atoms with van der Waals surface area (Å²) in [5.41, 5.74) is -0.0852. The van der Waals surface area contributed by atoms with E-state index in [0.29, 0.717) is 18.5 Å². The van der Waals surface area contributed by atoms with Crippen molar-refractivity contribution in [3.05, 3.63) is 77.9 Å². The van der Waals surface area contributed by atoms with Crippen LogP contribution in [-0.2, 0) is 27.5 Å². The van der Waals surface area contributed by atoms with Crippen molar-refractivity contribution in [1.29, 1.82) is 0 Å². The largest absolute Gasteiger partial charge is 0.416 e. The van der Waals surface area contributed by atoms with E-state index in [4.69, 9.17) is 0 Å². The van der Waals surface area contributed by atoms with E-state index in [9.17, 15) is 31.2 Å². The van der Waals surface area contributed by atoms with Crippen LogP contribution in [-0.4, -0.2) is 44.7 Å². The quantitative estimate of drug-likeness (QED) is 0.401. The highest BCUT2D eigenvalue weighted by Gasteiger charge is 2.29. The van der Waals surface area contributed by atoms with Crippen LogP contribution < -0.4 is 10.6 Å². The van der Waals surface area contributed by atoms with Gasteiger partial charge < -0.3 is 10.6 Å². The standard InChI is InChI=1S/C22H24F3N3O4S/c1-3-20(29)26-13-4-14-28(2)33(31,32)19-11-7-17(8-12-19)21(30)27-15-16-5-9-18(10-6-16)22(23,24)25/h3,5-12H,1,4,13-15H2,2H3,(H,26,29)(H,27,30). The molecular formula is C22H24F3N3O4S. The first-order valence-corrected chi connectivity index (χ1v) is 11.3. The summed E-state index contributed by atoms with van der Waals surface area (Å²) in [6.45, 7) is 3.81. The number of rotatable bonds is 10. The van der Waals surface area contributed by atoms with Gasteiger partial charge in [-0.1, -0.05) is 18.7 Å². The highest BCUT2D eigenvalue weighted by Crippen LogP contribution is 2.29. The first-order valence-electron chi connectivity index (χ1n) is 9.86. The molecule has 2 amide bonds. The molecule has 0 fully saturated rings. The van der Waals surface area contributed by atoms with Gasteiger partial charge in [-0.05, 0) is 54.5 Å². The molecule has 0 radical (unpaired) electrons. The van der Waals surface area contributed by atoms with E-state index in [1.807, 2.05) is 0 Å². The maximum absolute atomic E-state index is 12.6. The van der Waals surface area contributed by atoms with E-state index >= 15 is 0 Å². The Balaban J connectivity index is 1.93. The van der Waals surface area contributed by atoms with Gasteiger partial charge in [-0.25, -0.2) is 12.7 Å². The van der Waals surface area contributed by atoms with E-state index in [0.717, 1.165) is 22.5 Å². The Morgan fingerprint density at radius 3 is 2.18 bits per heavy atom. The highest BCUT2D eigenvalue weighted by atomic mass is 32.2. The number of carbonyl (C=O) groups is 2. The molecule has 2 aromatic rings. The van der Waals surface area contributed by atoms with Gasteiger partial charge in [-0.15, -0.1) is 0 Å². The van der Waals surface area contributed by atoms with E-state index in [1.165, 1.54) is 43.4 Å². The van der Waals surface area contributed by atoms with Gasteiger partial charge in [0.2, 0.25) is 15.9 Å². The molecule has 11 heteroatoms. The van der Waals surface area contributed by atoms with Crippen molar-refractivity contribution in [2.75, 3.05) is 20.1 Å². The number of nitrogens with one attached hydrogen (secondary N) is 2. The van der Waals surface area contributed by atoms with Gasteiger partial charge in [0.1, 0.15) is 0 Å². The van der Waals surface area contributed by atoms with Gasteiger partial charge >= 0.3 is 6.18 Å². The topological polar surface area (TPSA) is 95.6 Å². The molecule has 0 aliphatic rings. The van der Waals surface area contributed by atoms with Crippen LogP contribution >= 0.6 is 0 Å². The number of hydrogen-bond acceptors (Lipinski definition) is 4. The zero-order valence-electron chi connectivity index (χ0n) is 17.9. The lowest BCUT2D eigenvalue weighted by atomic mass is 10.1. The summed E-state index contributed by atoms with van der Waals surface area (Å²) in [5.74, 6) is -0.835. The van der Waals surface area contributed by atoms with Gasteiger partial charge in [-0.3, -0.25) is 9.59 Å². The normalized spacial score (nSPS) is 11.8. The number of halogens is 3. The van der Waals surface area contributed by atoms with Gasteiger partial charge in [0, 0.05) is 32.2 Å². The van der Waals surface area contributed by atoms with Crippen LogP contribution in [0.25, 0.3) is 0 Å². The van der Waals surface area contributed by atoms with Crippen LogP contribution in [0.3, 0.4) is 0 Å². The third-order valence-electron chi connectivity index (χ3n) is 4.69. The van der Waals surface area contributed by atoms with Crippen molar-refractivity contribution in [3.63, 3.8) is 0 Å². The second-order valence-corrected chi connectivity index (χ2v) is 9.12. The Labute approximate surface area is 190 Å². The molecule has 0 aromatic heterocycles. The lowest BCUT2D eigenvalue weighted by Gasteiger charge is -2.17. The fourth-order valence-corrected chi connectivity index (χ4v) is 3.97. The zero-order valence-corrected chi connectivity index (χ0v) is 18.7. The molecule has 0 bridgehead atoms. The first-order chi connectivity index (χ1) is 15.4. The average Bonchev–Trinajstić information content (AvgIpc) is 2.79. The Hall–Kier alpha value is -3.18. The van der Waals surface area contributed by atoms with E-state index < -0.39 is 27.7 Å². The molecule has 0 spiro atoms. The Bertz CT molecular complexity index is 1080. The summed E-state index contributed by atoms with van der Waals surface area (Å²) >= 11 is 0. The fourth-order valence-electron chi connectivity index (χ4n) is 2.76. The number of sulfonamides is 1. The molecule has 2 N–H and O–H groups in total. The zero-order chi connectivity index (χ0) is 24.6. The van der Waals surface area contributed by atoms with E-state index in [2.05, 4.69) is 17.2 Å². The smallest absolute Gasteiger partial charge is 0.353 e. The molecule has 0 unspecified atom stereocenters. The van der Waals surface area contributed by atoms with Crippen LogP contribution in [0.2, 0.25) is 0 Å². The maximum atomic E-state index is 12.6. The molecule has 0 heterocycles. The Kier molecular flexibility index (Phi) is 8.77. The van der Waals surface area contributed by atoms with Gasteiger partial charge in [-0.2, -0.15) is 13.2 Å². The van der Waals surface area contributed by atoms with Gasteiger partial charge in [0.25, 0.3) is 5.91 Å². The predicted molar refractivity (Wildman–Crippen MR) is 117 cm³/mol. The average molecular weight is 484 g/mol. The van der Waals surface area contributed by atoms with Crippen molar-refractivity contribution in [2.24, 2.45) is 0 Å². The molecule has 2 rings (SSSR count). The number of carbonyl (C=O) groups excluding carboxylic acids is 2. The minimum atomic E-state index is -4.43. The molecular weight excluding hydrogens is 459 g/mol. The summed E-state index contributed by atoms with van der Waals surface area (Å²) in [7, 11) is -2.37. The molecule has 0 saturated heterocycles. The van der Waals surface area contributed by atoms with Crippen LogP contribution in [0.4, 0.5) is 13.2 Å². The van der Waals surface area contributed by atoms with Crippen molar-refractivity contribution in [3.8, 4) is 0 Å². The van der Waals surface area contributed by atoms with Crippen molar-refractivity contribution < 1.29 is 31.2 Å². The van der Waals surface area contributed by atoms with Crippen molar-refractivity contribution in [1.82, 2.24) is 14.9 Å². The third kappa shape index (κ3) is 7.43. The Morgan fingerprint density at radius 2 is 1.64 bits per heavy atom. The summed E-state index contributed by atoms with van der Waals surface area (Å²) in [4.78, 5) is 23.4. The number of alkyl halides is 3. The second kappa shape index (κ2) is 11.1. The summed E-state index contributed by atoms with van der Waals surface area (Å²) < 4.78 is 64.3. The molecule has 0 saturated carbocycles. The second-order valence-electron chi connectivity index (χ2n) is 7.08. The maximum Gasteiger partial charge on any atom is 0.416 e. The van der Waals surface area contributed by atoms with Crippen LogP contribution in [0.15, 0.2) is 66.1 Å². The van der Waals surface area contributed by atoms with Crippen LogP contribution in [0.5, 0.6) is 0 Å². The highest BCUT2D eigenvalue weighted by molar-refractivity contribution is 7.89. The fraction of sp³-hybridized carbons (Fsp3) is 0.273. The molecule has 178 valence electrons. The monoisotopic (exact) mass is 483 g/mol. The lowest BCUT2D eigenvalue weighted by Crippen LogP contribution is -2.31. The minimum Gasteiger partial charge on any atom is -0.353 e. The van der Waals surface area contributed by atoms with E-state index in [1.54, 1.807) is 0 Å². The number of benzene rings is 2. The minimum absolute atomic E-state index is 0.000540. The molecule has 33 heavy (non-hydrogen) atoms. The van der Waals surface area contributed by atoms with Crippen molar-refractivity contribution in [2.45, 2.75) is 24.0 Å². The molecule has 0 atom stereocenters. The van der Waals surface area contributed by atoms with Crippen LogP contribution in [0, 0.1) is 0 Å². The third-order valence-corrected chi connectivity index (χ3v) is 6.56. The summed E-state index contributed by atoms with van der Waals surface area (Å²) in [6, 6.07) is 9.74. The van der Waals surface area contributed by atoms with Crippen molar-refractivity contribution >= 4 is 21.8 Å². The van der Waals surface area contributed by atoms with Gasteiger partial charge in [0.15, 0.2) is 0 Å². The predicted octanol–water partition coefficient (Wildman–Crippen LogP) is 2.95. The summed E-state index contributed by atoms with van der Waals surface area (Å²) in [5, 5.41) is 5.14. The number of nitrogens with zero attached hydrogens (tertiary/aromatic N) is 1. The molecule has 0 aliphatic heterocycles. The number of amides is 2. The van der Waals surface area contributed by atoms with Gasteiger partial charge in [0.05, 0.1) is 10.5 Å². The SMILES string of the molecule is C=CC(=O)NCCCN(C)S(=O)(=O)c1ccc(C(=O)NCc2ccc(C(F)(F)F)cc2)cc1. The molecule has 2 aromatic carbocycles. The molecule has 0 aliphatic carbocycles. The Morgan fingerprint density at radius 1 is 1.03 bits per heavy atom. The summed E-state index contributed by atoms with van der Waals surface area (Å²) in [6.07, 6.45) is -2.90. The van der Waals surface area contributed by atoms with Crippen LogP contribution in [0.1, 0.15) is 27.9 Å². The molecule has 7 nitrogen and oxygen atoms in total. The lowest BCUT2D eigenvalue weighted by molar-refractivity contribution is -0.137.